The SMILES string of the molecule is CC(CO)(CO)C(=O)N1CCCC(C2=C3C=NC=C[N+]3(N)C(c3ccc(C(=O)Nc4cc(C(F)(F)F)ccn4)cc3)=N2)C1. The van der Waals surface area contributed by atoms with Crippen molar-refractivity contribution in [2.75, 3.05) is 31.6 Å². The molecule has 11 nitrogen and oxygen atoms in total. The first-order valence-corrected chi connectivity index (χ1v) is 13.6. The van der Waals surface area contributed by atoms with Gasteiger partial charge in [0.2, 0.25) is 11.6 Å². The summed E-state index contributed by atoms with van der Waals surface area (Å²) < 4.78 is 38.8. The highest BCUT2D eigenvalue weighted by atomic mass is 19.4. The van der Waals surface area contributed by atoms with Gasteiger partial charge in [-0.05, 0) is 56.2 Å². The number of alkyl halides is 3. The minimum absolute atomic E-state index is 0.184. The number of likely N-dealkylation sites (tertiary alicyclic amines) is 1. The number of halogens is 3. The van der Waals surface area contributed by atoms with Gasteiger partial charge in [-0.15, -0.1) is 4.59 Å². The number of quaternary nitrogens is 1. The molecule has 3 aliphatic heterocycles. The van der Waals surface area contributed by atoms with Crippen molar-refractivity contribution >= 4 is 29.7 Å². The normalized spacial score (nSPS) is 22.0. The Morgan fingerprint density at radius 1 is 1.16 bits per heavy atom. The molecule has 43 heavy (non-hydrogen) atoms. The molecule has 2 amide bonds. The van der Waals surface area contributed by atoms with Gasteiger partial charge in [0.25, 0.3) is 11.7 Å². The van der Waals surface area contributed by atoms with Gasteiger partial charge in [-0.3, -0.25) is 14.6 Å². The molecule has 0 aliphatic carbocycles. The number of pyridine rings is 1. The zero-order valence-corrected chi connectivity index (χ0v) is 23.3. The Labute approximate surface area is 245 Å². The van der Waals surface area contributed by atoms with Crippen LogP contribution in [0.3, 0.4) is 0 Å². The average Bonchev–Trinajstić information content (AvgIpc) is 3.33. The van der Waals surface area contributed by atoms with Crippen LogP contribution in [-0.4, -0.2) is 74.9 Å². The summed E-state index contributed by atoms with van der Waals surface area (Å²) in [4.78, 5) is 40.5. The largest absolute Gasteiger partial charge is 0.416 e. The topological polar surface area (TPSA) is 154 Å². The van der Waals surface area contributed by atoms with Crippen LogP contribution in [0.4, 0.5) is 19.0 Å². The molecule has 0 radical (unpaired) electrons. The summed E-state index contributed by atoms with van der Waals surface area (Å²) in [5.74, 6) is 5.90. The number of rotatable bonds is 7. The molecule has 0 saturated carbocycles. The van der Waals surface area contributed by atoms with Crippen LogP contribution in [0.25, 0.3) is 0 Å². The summed E-state index contributed by atoms with van der Waals surface area (Å²) >= 11 is 0. The molecule has 1 aromatic heterocycles. The lowest BCUT2D eigenvalue weighted by molar-refractivity contribution is -0.750. The Bertz CT molecular complexity index is 1550. The van der Waals surface area contributed by atoms with Gasteiger partial charge in [0.15, 0.2) is 0 Å². The Kier molecular flexibility index (Phi) is 8.05. The minimum Gasteiger partial charge on any atom is -0.395 e. The minimum atomic E-state index is -4.57. The maximum Gasteiger partial charge on any atom is 0.416 e. The fraction of sp³-hybridized carbons (Fsp3) is 0.345. The average molecular weight is 599 g/mol. The number of amidine groups is 1. The molecular weight excluding hydrogens is 567 g/mol. The number of carbonyl (C=O) groups excluding carboxylic acids is 2. The lowest BCUT2D eigenvalue weighted by Crippen LogP contribution is -2.53. The molecule has 2 unspecified atom stereocenters. The van der Waals surface area contributed by atoms with Crippen molar-refractivity contribution in [1.29, 1.82) is 0 Å². The fourth-order valence-corrected chi connectivity index (χ4v) is 5.29. The molecule has 1 aromatic carbocycles. The van der Waals surface area contributed by atoms with Crippen LogP contribution in [-0.2, 0) is 11.0 Å². The number of aliphatic hydroxyl groups excluding tert-OH is 2. The molecule has 226 valence electrons. The second kappa shape index (κ2) is 11.4. The van der Waals surface area contributed by atoms with E-state index in [1.165, 1.54) is 19.1 Å². The Balaban J connectivity index is 1.38. The molecule has 0 bridgehead atoms. The van der Waals surface area contributed by atoms with Gasteiger partial charge in [0.05, 0.1) is 42.2 Å². The van der Waals surface area contributed by atoms with Crippen LogP contribution in [0.15, 0.2) is 76.4 Å². The third kappa shape index (κ3) is 5.73. The fourth-order valence-electron chi connectivity index (χ4n) is 5.29. The van der Waals surface area contributed by atoms with E-state index in [0.29, 0.717) is 42.3 Å². The van der Waals surface area contributed by atoms with Gasteiger partial charge in [0.1, 0.15) is 17.7 Å². The smallest absolute Gasteiger partial charge is 0.395 e. The van der Waals surface area contributed by atoms with E-state index in [-0.39, 0.29) is 27.8 Å². The van der Waals surface area contributed by atoms with Gasteiger partial charge >= 0.3 is 6.18 Å². The van der Waals surface area contributed by atoms with Crippen molar-refractivity contribution in [2.45, 2.75) is 25.9 Å². The standard InChI is InChI=1S/C29H30F3N7O4/c1-28(16-40,17-41)27(43)38-11-2-3-20(15-38)24-22-14-34-10-12-39(22,33)25(37-24)18-4-6-19(7-5-18)26(42)36-23-13-21(8-9-35-23)29(30,31)32/h4-10,12-14,20,40-41H,2-3,11,15-17,33H2,1H3/p+1. The first-order valence-electron chi connectivity index (χ1n) is 13.6. The Morgan fingerprint density at radius 2 is 1.88 bits per heavy atom. The predicted molar refractivity (Wildman–Crippen MR) is 151 cm³/mol. The van der Waals surface area contributed by atoms with Crippen LogP contribution in [0.5, 0.6) is 0 Å². The number of amides is 2. The van der Waals surface area contributed by atoms with E-state index in [0.717, 1.165) is 24.8 Å². The number of piperidine rings is 1. The molecule has 5 rings (SSSR count). The number of hydrogen-bond donors (Lipinski definition) is 4. The lowest BCUT2D eigenvalue weighted by atomic mass is 9.87. The predicted octanol–water partition coefficient (Wildman–Crippen LogP) is 2.80. The van der Waals surface area contributed by atoms with E-state index in [4.69, 9.17) is 10.8 Å². The number of anilines is 1. The van der Waals surface area contributed by atoms with E-state index < -0.39 is 36.3 Å². The first-order chi connectivity index (χ1) is 20.4. The zero-order valence-electron chi connectivity index (χ0n) is 23.3. The maximum absolute atomic E-state index is 13.1. The van der Waals surface area contributed by atoms with Gasteiger partial charge in [-0.2, -0.15) is 24.0 Å². The number of fused-ring (bicyclic) bond motifs is 1. The Morgan fingerprint density at radius 3 is 2.56 bits per heavy atom. The summed E-state index contributed by atoms with van der Waals surface area (Å²) in [5, 5.41) is 21.8. The number of nitrogens with zero attached hydrogens (tertiary/aromatic N) is 5. The lowest BCUT2D eigenvalue weighted by Gasteiger charge is -2.37. The molecule has 1 saturated heterocycles. The van der Waals surface area contributed by atoms with E-state index in [1.807, 2.05) is 0 Å². The summed E-state index contributed by atoms with van der Waals surface area (Å²) in [6.07, 6.45) is 2.67. The molecule has 14 heteroatoms. The molecule has 3 aliphatic rings. The summed E-state index contributed by atoms with van der Waals surface area (Å²) in [6.45, 7) is 1.37. The van der Waals surface area contributed by atoms with Gasteiger partial charge in [0, 0.05) is 30.8 Å². The van der Waals surface area contributed by atoms with Crippen LogP contribution in [0, 0.1) is 11.3 Å². The number of nitrogens with one attached hydrogen (secondary N) is 1. The number of aromatic nitrogens is 1. The van der Waals surface area contributed by atoms with Crippen molar-refractivity contribution in [3.8, 4) is 0 Å². The third-order valence-corrected chi connectivity index (χ3v) is 7.87. The van der Waals surface area contributed by atoms with Crippen LogP contribution < -0.4 is 11.2 Å². The van der Waals surface area contributed by atoms with Gasteiger partial charge in [-0.1, -0.05) is 0 Å². The number of nitrogens with two attached hydrogens (primary N) is 1. The van der Waals surface area contributed by atoms with E-state index >= 15 is 0 Å². The molecule has 2 aromatic rings. The highest BCUT2D eigenvalue weighted by Crippen LogP contribution is 2.38. The van der Waals surface area contributed by atoms with Crippen LogP contribution >= 0.6 is 0 Å². The summed E-state index contributed by atoms with van der Waals surface area (Å²) in [5.41, 5.74) is -0.149. The van der Waals surface area contributed by atoms with Crippen molar-refractivity contribution in [1.82, 2.24) is 9.88 Å². The zero-order chi connectivity index (χ0) is 31.0. The molecule has 4 heterocycles. The quantitative estimate of drug-likeness (QED) is 0.284. The van der Waals surface area contributed by atoms with Crippen molar-refractivity contribution in [3.63, 3.8) is 0 Å². The summed E-state index contributed by atoms with van der Waals surface area (Å²) in [6, 6.07) is 7.89. The van der Waals surface area contributed by atoms with Crippen LogP contribution in [0.1, 0.15) is 41.3 Å². The number of hydrogen-bond acceptors (Lipinski definition) is 8. The Hall–Kier alpha value is -4.24. The number of allylic oxidation sites excluding steroid dienone is 1. The monoisotopic (exact) mass is 598 g/mol. The van der Waals surface area contributed by atoms with E-state index in [2.05, 4.69) is 15.3 Å². The highest BCUT2D eigenvalue weighted by Gasteiger charge is 2.47. The number of carbonyl (C=O) groups is 2. The first kappa shape index (κ1) is 30.2. The second-order valence-electron chi connectivity index (χ2n) is 11.0. The van der Waals surface area contributed by atoms with E-state index in [9.17, 15) is 33.0 Å². The highest BCUT2D eigenvalue weighted by molar-refractivity contribution is 6.05. The maximum atomic E-state index is 13.1. The number of benzene rings is 1. The van der Waals surface area contributed by atoms with Crippen molar-refractivity contribution in [3.05, 3.63) is 83.1 Å². The molecule has 5 N–H and O–H groups in total. The van der Waals surface area contributed by atoms with Crippen LogP contribution in [0.2, 0.25) is 0 Å². The summed E-state index contributed by atoms with van der Waals surface area (Å²) in [7, 11) is 0. The molecule has 2 atom stereocenters. The second-order valence-corrected chi connectivity index (χ2v) is 11.0. The van der Waals surface area contributed by atoms with Crippen molar-refractivity contribution in [2.24, 2.45) is 27.2 Å². The van der Waals surface area contributed by atoms with Crippen molar-refractivity contribution < 1.29 is 37.6 Å². The molecular formula is C29H31F3N7O4+. The molecule has 0 spiro atoms. The number of aliphatic imine (C=N–C) groups is 2. The van der Waals surface area contributed by atoms with Gasteiger partial charge in [-0.25, -0.2) is 4.98 Å². The van der Waals surface area contributed by atoms with E-state index in [1.54, 1.807) is 35.6 Å². The van der Waals surface area contributed by atoms with Gasteiger partial charge < -0.3 is 20.4 Å². The molecule has 1 fully saturated rings. The third-order valence-electron chi connectivity index (χ3n) is 7.87. The number of aliphatic hydroxyl groups is 2.